The van der Waals surface area contributed by atoms with Crippen molar-refractivity contribution in [2.24, 2.45) is 5.92 Å². The quantitative estimate of drug-likeness (QED) is 0.733. The largest absolute Gasteiger partial charge is 0.316 e. The lowest BCUT2D eigenvalue weighted by molar-refractivity contribution is 0.515. The second kappa shape index (κ2) is 7.96. The molecule has 20 heavy (non-hydrogen) atoms. The molecule has 0 amide bonds. The second-order valence-electron chi connectivity index (χ2n) is 5.58. The van der Waals surface area contributed by atoms with Crippen LogP contribution in [0.3, 0.4) is 0 Å². The number of thiophene rings is 1. The lowest BCUT2D eigenvalue weighted by atomic mass is 9.95. The van der Waals surface area contributed by atoms with Crippen molar-refractivity contribution in [1.82, 2.24) is 5.32 Å². The Morgan fingerprint density at radius 3 is 2.45 bits per heavy atom. The first-order valence-corrected chi connectivity index (χ1v) is 8.81. The van der Waals surface area contributed by atoms with Crippen molar-refractivity contribution < 1.29 is 0 Å². The van der Waals surface area contributed by atoms with Crippen molar-refractivity contribution >= 4 is 27.3 Å². The van der Waals surface area contributed by atoms with Crippen molar-refractivity contribution in [3.63, 3.8) is 0 Å². The zero-order valence-electron chi connectivity index (χ0n) is 12.1. The summed E-state index contributed by atoms with van der Waals surface area (Å²) in [6, 6.07) is 13.1. The highest BCUT2D eigenvalue weighted by Crippen LogP contribution is 2.24. The molecule has 1 aromatic carbocycles. The van der Waals surface area contributed by atoms with E-state index in [1.807, 2.05) is 11.3 Å². The van der Waals surface area contributed by atoms with E-state index < -0.39 is 0 Å². The molecule has 0 fully saturated rings. The van der Waals surface area contributed by atoms with Crippen LogP contribution in [-0.2, 0) is 6.42 Å². The summed E-state index contributed by atoms with van der Waals surface area (Å²) in [5, 5.41) is 5.77. The van der Waals surface area contributed by atoms with E-state index in [1.54, 1.807) is 0 Å². The minimum atomic E-state index is 0.542. The molecule has 1 unspecified atom stereocenters. The van der Waals surface area contributed by atoms with Gasteiger partial charge in [-0.3, -0.25) is 0 Å². The molecule has 1 nitrogen and oxygen atoms in total. The summed E-state index contributed by atoms with van der Waals surface area (Å²) in [5.74, 6) is 1.24. The molecule has 1 aromatic heterocycles. The van der Waals surface area contributed by atoms with Gasteiger partial charge >= 0.3 is 0 Å². The fourth-order valence-corrected chi connectivity index (χ4v) is 3.31. The van der Waals surface area contributed by atoms with Gasteiger partial charge in [-0.25, -0.2) is 0 Å². The van der Waals surface area contributed by atoms with Gasteiger partial charge in [0.1, 0.15) is 0 Å². The Bertz CT molecular complexity index is 490. The Kier molecular flexibility index (Phi) is 6.27. The zero-order chi connectivity index (χ0) is 14.4. The van der Waals surface area contributed by atoms with Gasteiger partial charge < -0.3 is 5.32 Å². The summed E-state index contributed by atoms with van der Waals surface area (Å²) in [5.41, 5.74) is 1.41. The van der Waals surface area contributed by atoms with Crippen molar-refractivity contribution in [3.8, 4) is 0 Å². The van der Waals surface area contributed by atoms with E-state index in [0.717, 1.165) is 24.0 Å². The first kappa shape index (κ1) is 15.7. The molecule has 2 rings (SSSR count). The summed E-state index contributed by atoms with van der Waals surface area (Å²) < 4.78 is 1.14. The highest BCUT2D eigenvalue weighted by molar-refractivity contribution is 9.10. The van der Waals surface area contributed by atoms with Crippen LogP contribution in [0.2, 0.25) is 0 Å². The van der Waals surface area contributed by atoms with Gasteiger partial charge in [-0.1, -0.05) is 48.0 Å². The van der Waals surface area contributed by atoms with E-state index in [4.69, 9.17) is 0 Å². The van der Waals surface area contributed by atoms with E-state index in [-0.39, 0.29) is 0 Å². The van der Waals surface area contributed by atoms with Gasteiger partial charge in [0.15, 0.2) is 0 Å². The van der Waals surface area contributed by atoms with E-state index in [2.05, 4.69) is 76.9 Å². The monoisotopic (exact) mass is 351 g/mol. The Morgan fingerprint density at radius 2 is 1.85 bits per heavy atom. The molecule has 3 heteroatoms. The van der Waals surface area contributed by atoms with Gasteiger partial charge in [0, 0.05) is 21.8 Å². The maximum Gasteiger partial charge on any atom is 0.0175 e. The first-order valence-electron chi connectivity index (χ1n) is 7.13. The van der Waals surface area contributed by atoms with Crippen LogP contribution < -0.4 is 5.32 Å². The predicted octanol–water partition coefficient (Wildman–Crippen LogP) is 5.08. The molecule has 0 aliphatic carbocycles. The van der Waals surface area contributed by atoms with Crippen molar-refractivity contribution in [3.05, 3.63) is 56.7 Å². The Hall–Kier alpha value is -0.640. The second-order valence-corrected chi connectivity index (χ2v) is 7.53. The molecule has 0 bridgehead atoms. The Balaban J connectivity index is 2.04. The van der Waals surface area contributed by atoms with Crippen LogP contribution in [-0.4, -0.2) is 13.1 Å². The normalized spacial score (nSPS) is 12.8. The smallest absolute Gasteiger partial charge is 0.0175 e. The van der Waals surface area contributed by atoms with Crippen LogP contribution in [0, 0.1) is 5.92 Å². The van der Waals surface area contributed by atoms with Gasteiger partial charge in [-0.15, -0.1) is 11.3 Å². The van der Waals surface area contributed by atoms with Crippen molar-refractivity contribution in [2.75, 3.05) is 13.1 Å². The minimum Gasteiger partial charge on any atom is -0.316 e. The van der Waals surface area contributed by atoms with E-state index >= 15 is 0 Å². The molecule has 1 atom stereocenters. The van der Waals surface area contributed by atoms with Crippen LogP contribution in [0.5, 0.6) is 0 Å². The third kappa shape index (κ3) is 5.04. The maximum absolute atomic E-state index is 3.60. The molecule has 1 N–H and O–H groups in total. The Labute approximate surface area is 134 Å². The summed E-state index contributed by atoms with van der Waals surface area (Å²) >= 11 is 5.37. The third-order valence-corrected chi connectivity index (χ3v) is 4.74. The molecule has 0 saturated heterocycles. The summed E-state index contributed by atoms with van der Waals surface area (Å²) in [4.78, 5) is 1.46. The minimum absolute atomic E-state index is 0.542. The topological polar surface area (TPSA) is 12.0 Å². The predicted molar refractivity (Wildman–Crippen MR) is 92.6 cm³/mol. The maximum atomic E-state index is 3.60. The number of hydrogen-bond acceptors (Lipinski definition) is 2. The van der Waals surface area contributed by atoms with Crippen LogP contribution in [0.25, 0.3) is 0 Å². The van der Waals surface area contributed by atoms with Crippen molar-refractivity contribution in [2.45, 2.75) is 26.2 Å². The van der Waals surface area contributed by atoms with Crippen molar-refractivity contribution in [1.29, 1.82) is 0 Å². The molecular formula is C17H22BrNS. The zero-order valence-corrected chi connectivity index (χ0v) is 14.5. The van der Waals surface area contributed by atoms with Crippen LogP contribution in [0.4, 0.5) is 0 Å². The molecule has 0 aliphatic heterocycles. The molecule has 2 aromatic rings. The number of rotatable bonds is 7. The number of hydrogen-bond donors (Lipinski definition) is 1. The summed E-state index contributed by atoms with van der Waals surface area (Å²) in [6.07, 6.45) is 1.12. The summed E-state index contributed by atoms with van der Waals surface area (Å²) in [6.45, 7) is 6.62. The average molecular weight is 352 g/mol. The molecule has 0 aliphatic rings. The molecule has 108 valence electrons. The molecule has 1 heterocycles. The van der Waals surface area contributed by atoms with Gasteiger partial charge in [0.05, 0.1) is 0 Å². The molecule has 0 spiro atoms. The lowest BCUT2D eigenvalue weighted by Gasteiger charge is -2.18. The van der Waals surface area contributed by atoms with E-state index in [9.17, 15) is 0 Å². The van der Waals surface area contributed by atoms with Crippen LogP contribution in [0.15, 0.2) is 46.3 Å². The van der Waals surface area contributed by atoms with E-state index in [0.29, 0.717) is 11.8 Å². The molecule has 0 saturated carbocycles. The summed E-state index contributed by atoms with van der Waals surface area (Å²) in [7, 11) is 0. The standard InChI is InChI=1S/C17H22BrNS/c1-13(2)11-19-12-15(10-17-4-3-9-20-17)14-5-7-16(18)8-6-14/h3-9,13,15,19H,10-12H2,1-2H3. The fraction of sp³-hybridized carbons (Fsp3) is 0.412. The van der Waals surface area contributed by atoms with Gasteiger partial charge in [-0.2, -0.15) is 0 Å². The third-order valence-electron chi connectivity index (χ3n) is 3.31. The van der Waals surface area contributed by atoms with Gasteiger partial charge in [-0.05, 0) is 48.0 Å². The number of benzene rings is 1. The Morgan fingerprint density at radius 1 is 1.10 bits per heavy atom. The molecular weight excluding hydrogens is 330 g/mol. The van der Waals surface area contributed by atoms with E-state index in [1.165, 1.54) is 10.4 Å². The number of nitrogens with one attached hydrogen (secondary N) is 1. The fourth-order valence-electron chi connectivity index (χ4n) is 2.26. The van der Waals surface area contributed by atoms with Gasteiger partial charge in [0.2, 0.25) is 0 Å². The van der Waals surface area contributed by atoms with Crippen LogP contribution in [0.1, 0.15) is 30.2 Å². The molecule has 0 radical (unpaired) electrons. The lowest BCUT2D eigenvalue weighted by Crippen LogP contribution is -2.26. The van der Waals surface area contributed by atoms with Crippen LogP contribution >= 0.6 is 27.3 Å². The highest BCUT2D eigenvalue weighted by Gasteiger charge is 2.13. The highest BCUT2D eigenvalue weighted by atomic mass is 79.9. The first-order chi connectivity index (χ1) is 9.65. The average Bonchev–Trinajstić information content (AvgIpc) is 2.91. The number of halogens is 1. The SMILES string of the molecule is CC(C)CNCC(Cc1cccs1)c1ccc(Br)cc1. The van der Waals surface area contributed by atoms with Gasteiger partial charge in [0.25, 0.3) is 0 Å².